The van der Waals surface area contributed by atoms with Crippen molar-refractivity contribution in [3.05, 3.63) is 30.3 Å². The highest BCUT2D eigenvalue weighted by Gasteiger charge is 2.21. The second-order valence-electron chi connectivity index (χ2n) is 4.06. The van der Waals surface area contributed by atoms with E-state index in [4.69, 9.17) is 9.47 Å². The number of para-hydroxylation sites is 1. The number of benzene rings is 1. The van der Waals surface area contributed by atoms with Crippen molar-refractivity contribution in [2.75, 3.05) is 13.7 Å². The highest BCUT2D eigenvalue weighted by Crippen LogP contribution is 2.13. The van der Waals surface area contributed by atoms with Crippen LogP contribution in [-0.2, 0) is 14.3 Å². The van der Waals surface area contributed by atoms with E-state index >= 15 is 0 Å². The fraction of sp³-hybridized carbons (Fsp3) is 0.357. The first kappa shape index (κ1) is 16.5. The summed E-state index contributed by atoms with van der Waals surface area (Å²) in [6.45, 7) is 1.22. The minimum absolute atomic E-state index is 0.394. The Morgan fingerprint density at radius 1 is 1.19 bits per heavy atom. The molecule has 114 valence electrons. The largest absolute Gasteiger partial charge is 0.479 e. The summed E-state index contributed by atoms with van der Waals surface area (Å²) < 4.78 is 10.3. The van der Waals surface area contributed by atoms with Gasteiger partial charge in [-0.05, 0) is 18.6 Å². The number of hydrogen-bond acceptors (Lipinski definition) is 5. The van der Waals surface area contributed by atoms with Crippen LogP contribution in [0.25, 0.3) is 0 Å². The van der Waals surface area contributed by atoms with Gasteiger partial charge in [0.05, 0.1) is 0 Å². The molecule has 0 spiro atoms. The van der Waals surface area contributed by atoms with Crippen molar-refractivity contribution < 1.29 is 23.9 Å². The van der Waals surface area contributed by atoms with Crippen LogP contribution in [0.5, 0.6) is 5.75 Å². The summed E-state index contributed by atoms with van der Waals surface area (Å²) in [5, 5.41) is 4.20. The number of imide groups is 1. The van der Waals surface area contributed by atoms with Gasteiger partial charge in [0, 0.05) is 7.05 Å². The highest BCUT2D eigenvalue weighted by molar-refractivity contribution is 5.95. The van der Waals surface area contributed by atoms with Crippen LogP contribution >= 0.6 is 0 Å². The third kappa shape index (κ3) is 5.94. The number of carbonyl (C=O) groups excluding carboxylic acids is 3. The van der Waals surface area contributed by atoms with E-state index in [1.165, 1.54) is 7.05 Å². The van der Waals surface area contributed by atoms with Crippen LogP contribution in [0, 0.1) is 0 Å². The molecule has 1 aromatic rings. The van der Waals surface area contributed by atoms with Crippen LogP contribution in [0.3, 0.4) is 0 Å². The lowest BCUT2D eigenvalue weighted by molar-refractivity contribution is -0.155. The Balaban J connectivity index is 2.45. The monoisotopic (exact) mass is 294 g/mol. The lowest BCUT2D eigenvalue weighted by Gasteiger charge is -2.16. The second-order valence-corrected chi connectivity index (χ2v) is 4.06. The molecule has 0 unspecified atom stereocenters. The van der Waals surface area contributed by atoms with Crippen LogP contribution in [0.2, 0.25) is 0 Å². The van der Waals surface area contributed by atoms with Crippen molar-refractivity contribution in [1.82, 2.24) is 10.6 Å². The zero-order valence-corrected chi connectivity index (χ0v) is 11.9. The number of carbonyl (C=O) groups is 3. The van der Waals surface area contributed by atoms with Crippen LogP contribution in [0.15, 0.2) is 30.3 Å². The normalized spacial score (nSPS) is 11.1. The second kappa shape index (κ2) is 8.57. The summed E-state index contributed by atoms with van der Waals surface area (Å²) in [6, 6.07) is 8.16. The molecule has 7 heteroatoms. The van der Waals surface area contributed by atoms with Crippen LogP contribution < -0.4 is 15.4 Å². The summed E-state index contributed by atoms with van der Waals surface area (Å²) in [6.07, 6.45) is -0.412. The molecule has 0 aliphatic carbocycles. The van der Waals surface area contributed by atoms with Gasteiger partial charge in [-0.2, -0.15) is 0 Å². The quantitative estimate of drug-likeness (QED) is 0.758. The van der Waals surface area contributed by atoms with Crippen molar-refractivity contribution >= 4 is 17.9 Å². The third-order valence-corrected chi connectivity index (χ3v) is 2.48. The molecule has 0 fully saturated rings. The topological polar surface area (TPSA) is 93.7 Å². The maximum Gasteiger partial charge on any atom is 0.347 e. The van der Waals surface area contributed by atoms with E-state index in [2.05, 4.69) is 5.32 Å². The predicted octanol–water partition coefficient (Wildman–Crippen LogP) is 0.843. The van der Waals surface area contributed by atoms with Gasteiger partial charge in [-0.1, -0.05) is 25.1 Å². The molecule has 1 aromatic carbocycles. The van der Waals surface area contributed by atoms with E-state index in [0.29, 0.717) is 12.2 Å². The molecule has 1 rings (SSSR count). The molecule has 0 saturated heterocycles. The van der Waals surface area contributed by atoms with Crippen molar-refractivity contribution in [1.29, 1.82) is 0 Å². The van der Waals surface area contributed by atoms with Gasteiger partial charge < -0.3 is 14.8 Å². The standard InChI is InChI=1S/C14H18N2O5/c1-3-11(21-10-7-5-4-6-8-10)13(18)20-9-12(17)16-14(19)15-2/h4-8,11H,3,9H2,1-2H3,(H2,15,16,17,19)/t11-/m0/s1. The number of ether oxygens (including phenoxy) is 2. The Labute approximate surface area is 122 Å². The Kier molecular flexibility index (Phi) is 6.73. The molecule has 2 N–H and O–H groups in total. The van der Waals surface area contributed by atoms with E-state index in [1.807, 2.05) is 11.4 Å². The maximum absolute atomic E-state index is 11.8. The van der Waals surface area contributed by atoms with E-state index in [1.54, 1.807) is 31.2 Å². The molecule has 0 saturated carbocycles. The molecular formula is C14H18N2O5. The van der Waals surface area contributed by atoms with Gasteiger partial charge in [0.1, 0.15) is 5.75 Å². The van der Waals surface area contributed by atoms with Crippen LogP contribution in [0.4, 0.5) is 4.79 Å². The van der Waals surface area contributed by atoms with Gasteiger partial charge in [-0.25, -0.2) is 9.59 Å². The molecule has 1 atom stereocenters. The lowest BCUT2D eigenvalue weighted by atomic mass is 10.2. The number of urea groups is 1. The SMILES string of the molecule is CC[C@H](Oc1ccccc1)C(=O)OCC(=O)NC(=O)NC. The molecule has 0 aromatic heterocycles. The average molecular weight is 294 g/mol. The van der Waals surface area contributed by atoms with Crippen molar-refractivity contribution in [2.24, 2.45) is 0 Å². The summed E-state index contributed by atoms with van der Waals surface area (Å²) in [4.78, 5) is 34.0. The summed E-state index contributed by atoms with van der Waals surface area (Å²) in [5.41, 5.74) is 0. The summed E-state index contributed by atoms with van der Waals surface area (Å²) >= 11 is 0. The van der Waals surface area contributed by atoms with Gasteiger partial charge in [-0.3, -0.25) is 10.1 Å². The molecule has 21 heavy (non-hydrogen) atoms. The van der Waals surface area contributed by atoms with Crippen molar-refractivity contribution in [2.45, 2.75) is 19.4 Å². The zero-order valence-electron chi connectivity index (χ0n) is 11.9. The molecule has 7 nitrogen and oxygen atoms in total. The number of nitrogens with one attached hydrogen (secondary N) is 2. The first-order valence-electron chi connectivity index (χ1n) is 6.46. The molecule has 0 aliphatic heterocycles. The first-order chi connectivity index (χ1) is 10.1. The van der Waals surface area contributed by atoms with Crippen molar-refractivity contribution in [3.63, 3.8) is 0 Å². The van der Waals surface area contributed by atoms with Crippen LogP contribution in [-0.4, -0.2) is 37.7 Å². The van der Waals surface area contributed by atoms with Crippen molar-refractivity contribution in [3.8, 4) is 5.75 Å². The van der Waals surface area contributed by atoms with E-state index < -0.39 is 30.6 Å². The minimum Gasteiger partial charge on any atom is -0.479 e. The Morgan fingerprint density at radius 3 is 2.43 bits per heavy atom. The number of amides is 3. The number of esters is 1. The molecular weight excluding hydrogens is 276 g/mol. The molecule has 0 heterocycles. The molecule has 0 bridgehead atoms. The summed E-state index contributed by atoms with van der Waals surface area (Å²) in [7, 11) is 1.37. The first-order valence-corrected chi connectivity index (χ1v) is 6.46. The molecule has 3 amide bonds. The Morgan fingerprint density at radius 2 is 1.86 bits per heavy atom. The molecule has 0 aliphatic rings. The number of hydrogen-bond donors (Lipinski definition) is 2. The Hall–Kier alpha value is -2.57. The van der Waals surface area contributed by atoms with Crippen LogP contribution in [0.1, 0.15) is 13.3 Å². The fourth-order valence-corrected chi connectivity index (χ4v) is 1.42. The molecule has 0 radical (unpaired) electrons. The fourth-order valence-electron chi connectivity index (χ4n) is 1.42. The average Bonchev–Trinajstić information content (AvgIpc) is 2.51. The lowest BCUT2D eigenvalue weighted by Crippen LogP contribution is -2.40. The predicted molar refractivity (Wildman–Crippen MR) is 74.7 cm³/mol. The third-order valence-electron chi connectivity index (χ3n) is 2.48. The van der Waals surface area contributed by atoms with E-state index in [-0.39, 0.29) is 0 Å². The van der Waals surface area contributed by atoms with Gasteiger partial charge in [0.15, 0.2) is 12.7 Å². The van der Waals surface area contributed by atoms with Gasteiger partial charge in [0.25, 0.3) is 5.91 Å². The van der Waals surface area contributed by atoms with Gasteiger partial charge in [0.2, 0.25) is 0 Å². The smallest absolute Gasteiger partial charge is 0.347 e. The Bertz CT molecular complexity index is 489. The highest BCUT2D eigenvalue weighted by atomic mass is 16.6. The van der Waals surface area contributed by atoms with E-state index in [0.717, 1.165) is 0 Å². The van der Waals surface area contributed by atoms with Gasteiger partial charge >= 0.3 is 12.0 Å². The minimum atomic E-state index is -0.805. The zero-order chi connectivity index (χ0) is 15.7. The van der Waals surface area contributed by atoms with Gasteiger partial charge in [-0.15, -0.1) is 0 Å². The summed E-state index contributed by atoms with van der Waals surface area (Å²) in [5.74, 6) is -0.832. The maximum atomic E-state index is 11.8. The number of rotatable bonds is 6. The van der Waals surface area contributed by atoms with E-state index in [9.17, 15) is 14.4 Å².